The van der Waals surface area contributed by atoms with Crippen LogP contribution in [0.2, 0.25) is 0 Å². The predicted molar refractivity (Wildman–Crippen MR) is 50.2 cm³/mol. The Balaban J connectivity index is 2.18. The first kappa shape index (κ1) is 8.47. The van der Waals surface area contributed by atoms with Crippen LogP contribution in [0.5, 0.6) is 0 Å². The summed E-state index contributed by atoms with van der Waals surface area (Å²) in [5, 5.41) is 3.33. The summed E-state index contributed by atoms with van der Waals surface area (Å²) in [5.74, 6) is 0.588. The lowest BCUT2D eigenvalue weighted by molar-refractivity contribution is 0.0770. The van der Waals surface area contributed by atoms with Crippen LogP contribution in [0, 0.1) is 0 Å². The van der Waals surface area contributed by atoms with E-state index in [1.165, 1.54) is 0 Å². The van der Waals surface area contributed by atoms with Crippen molar-refractivity contribution >= 4 is 5.82 Å². The highest BCUT2D eigenvalue weighted by Crippen LogP contribution is 2.19. The van der Waals surface area contributed by atoms with E-state index in [1.54, 1.807) is 6.20 Å². The van der Waals surface area contributed by atoms with Crippen molar-refractivity contribution in [2.45, 2.75) is 6.04 Å². The van der Waals surface area contributed by atoms with E-state index in [1.807, 2.05) is 12.1 Å². The number of ether oxygens (including phenoxy) is 1. The van der Waals surface area contributed by atoms with Gasteiger partial charge in [0.15, 0.2) is 0 Å². The number of rotatable bonds is 1. The Morgan fingerprint density at radius 1 is 1.62 bits per heavy atom. The molecule has 4 nitrogen and oxygen atoms in total. The number of nitrogen functional groups attached to an aromatic ring is 1. The number of anilines is 1. The molecule has 0 aromatic carbocycles. The molecule has 1 saturated heterocycles. The van der Waals surface area contributed by atoms with E-state index < -0.39 is 0 Å². The van der Waals surface area contributed by atoms with Gasteiger partial charge in [-0.15, -0.1) is 0 Å². The Morgan fingerprint density at radius 2 is 2.54 bits per heavy atom. The van der Waals surface area contributed by atoms with E-state index in [4.69, 9.17) is 10.5 Å². The van der Waals surface area contributed by atoms with E-state index in [9.17, 15) is 0 Å². The molecule has 0 aliphatic carbocycles. The monoisotopic (exact) mass is 179 g/mol. The van der Waals surface area contributed by atoms with Gasteiger partial charge >= 0.3 is 0 Å². The van der Waals surface area contributed by atoms with Crippen LogP contribution in [0.3, 0.4) is 0 Å². The van der Waals surface area contributed by atoms with Crippen molar-refractivity contribution in [2.24, 2.45) is 0 Å². The molecule has 0 radical (unpaired) electrons. The third kappa shape index (κ3) is 1.79. The second-order valence-electron chi connectivity index (χ2n) is 3.06. The van der Waals surface area contributed by atoms with Crippen LogP contribution in [0.1, 0.15) is 11.6 Å². The zero-order valence-electron chi connectivity index (χ0n) is 7.36. The molecule has 0 saturated carbocycles. The topological polar surface area (TPSA) is 60.2 Å². The Bertz CT molecular complexity index is 284. The molecule has 1 aliphatic rings. The van der Waals surface area contributed by atoms with Crippen molar-refractivity contribution in [1.29, 1.82) is 0 Å². The highest BCUT2D eigenvalue weighted by Gasteiger charge is 2.17. The average molecular weight is 179 g/mol. The van der Waals surface area contributed by atoms with E-state index in [-0.39, 0.29) is 6.04 Å². The molecule has 70 valence electrons. The molecule has 1 fully saturated rings. The molecule has 1 aliphatic heterocycles. The summed E-state index contributed by atoms with van der Waals surface area (Å²) in [6.45, 7) is 2.32. The van der Waals surface area contributed by atoms with E-state index in [0.717, 1.165) is 18.7 Å². The molecular formula is C9H13N3O. The minimum Gasteiger partial charge on any atom is -0.383 e. The van der Waals surface area contributed by atoms with Crippen LogP contribution in [-0.2, 0) is 4.74 Å². The van der Waals surface area contributed by atoms with Crippen LogP contribution in [0.25, 0.3) is 0 Å². The summed E-state index contributed by atoms with van der Waals surface area (Å²) in [7, 11) is 0. The molecule has 1 aromatic rings. The number of hydrogen-bond acceptors (Lipinski definition) is 4. The number of nitrogens with zero attached hydrogens (tertiary/aromatic N) is 1. The van der Waals surface area contributed by atoms with Crippen LogP contribution in [0.15, 0.2) is 18.3 Å². The standard InChI is InChI=1S/C9H13N3O/c10-9-7(2-1-3-12-9)8-6-13-5-4-11-8/h1-3,8,11H,4-6H2,(H2,10,12)/t8-/m0/s1. The van der Waals surface area contributed by atoms with Crippen LogP contribution >= 0.6 is 0 Å². The zero-order valence-corrected chi connectivity index (χ0v) is 7.36. The van der Waals surface area contributed by atoms with Gasteiger partial charge in [0.1, 0.15) is 5.82 Å². The minimum atomic E-state index is 0.197. The molecule has 3 N–H and O–H groups in total. The Kier molecular flexibility index (Phi) is 2.42. The maximum atomic E-state index is 5.74. The van der Waals surface area contributed by atoms with Gasteiger partial charge < -0.3 is 15.8 Å². The Morgan fingerprint density at radius 3 is 3.23 bits per heavy atom. The minimum absolute atomic E-state index is 0.197. The lowest BCUT2D eigenvalue weighted by atomic mass is 10.1. The molecule has 0 spiro atoms. The average Bonchev–Trinajstić information content (AvgIpc) is 2.20. The zero-order chi connectivity index (χ0) is 9.10. The Hall–Kier alpha value is -1.13. The number of hydrogen-bond donors (Lipinski definition) is 2. The fourth-order valence-corrected chi connectivity index (χ4v) is 1.49. The van der Waals surface area contributed by atoms with Crippen molar-refractivity contribution in [3.63, 3.8) is 0 Å². The normalized spacial score (nSPS) is 22.9. The summed E-state index contributed by atoms with van der Waals surface area (Å²) >= 11 is 0. The van der Waals surface area contributed by atoms with Crippen molar-refractivity contribution in [3.8, 4) is 0 Å². The second kappa shape index (κ2) is 3.72. The number of aromatic nitrogens is 1. The van der Waals surface area contributed by atoms with Gasteiger partial charge in [0.2, 0.25) is 0 Å². The molecule has 0 unspecified atom stereocenters. The van der Waals surface area contributed by atoms with Crippen molar-refractivity contribution in [3.05, 3.63) is 23.9 Å². The van der Waals surface area contributed by atoms with Gasteiger partial charge in [0.05, 0.1) is 19.3 Å². The van der Waals surface area contributed by atoms with Crippen LogP contribution < -0.4 is 11.1 Å². The van der Waals surface area contributed by atoms with Gasteiger partial charge in [-0.25, -0.2) is 4.98 Å². The fourth-order valence-electron chi connectivity index (χ4n) is 1.49. The van der Waals surface area contributed by atoms with Gasteiger partial charge in [-0.2, -0.15) is 0 Å². The van der Waals surface area contributed by atoms with Gasteiger partial charge in [-0.1, -0.05) is 6.07 Å². The predicted octanol–water partition coefficient (Wildman–Crippen LogP) is 0.325. The highest BCUT2D eigenvalue weighted by molar-refractivity contribution is 5.40. The summed E-state index contributed by atoms with van der Waals surface area (Å²) in [4.78, 5) is 4.04. The largest absolute Gasteiger partial charge is 0.383 e. The highest BCUT2D eigenvalue weighted by atomic mass is 16.5. The lowest BCUT2D eigenvalue weighted by Gasteiger charge is -2.24. The lowest BCUT2D eigenvalue weighted by Crippen LogP contribution is -2.35. The summed E-state index contributed by atoms with van der Waals surface area (Å²) < 4.78 is 5.35. The third-order valence-electron chi connectivity index (χ3n) is 2.17. The van der Waals surface area contributed by atoms with E-state index in [0.29, 0.717) is 12.4 Å². The molecule has 1 aromatic heterocycles. The fraction of sp³-hybridized carbons (Fsp3) is 0.444. The molecule has 1 atom stereocenters. The molecule has 4 heteroatoms. The third-order valence-corrected chi connectivity index (χ3v) is 2.17. The molecular weight excluding hydrogens is 166 g/mol. The maximum absolute atomic E-state index is 5.74. The number of nitrogens with one attached hydrogen (secondary N) is 1. The summed E-state index contributed by atoms with van der Waals surface area (Å²) in [6.07, 6.45) is 1.70. The van der Waals surface area contributed by atoms with Crippen molar-refractivity contribution < 1.29 is 4.74 Å². The number of pyridine rings is 1. The van der Waals surface area contributed by atoms with E-state index >= 15 is 0 Å². The van der Waals surface area contributed by atoms with Gasteiger partial charge in [0.25, 0.3) is 0 Å². The summed E-state index contributed by atoms with van der Waals surface area (Å²) in [6, 6.07) is 4.07. The van der Waals surface area contributed by atoms with Crippen molar-refractivity contribution in [1.82, 2.24) is 10.3 Å². The first-order valence-electron chi connectivity index (χ1n) is 4.39. The molecule has 0 bridgehead atoms. The van der Waals surface area contributed by atoms with Gasteiger partial charge in [-0.3, -0.25) is 0 Å². The van der Waals surface area contributed by atoms with Gasteiger partial charge in [0, 0.05) is 18.3 Å². The van der Waals surface area contributed by atoms with Crippen LogP contribution in [-0.4, -0.2) is 24.7 Å². The van der Waals surface area contributed by atoms with Gasteiger partial charge in [-0.05, 0) is 6.07 Å². The number of nitrogens with two attached hydrogens (primary N) is 1. The number of morpholine rings is 1. The molecule has 2 heterocycles. The Labute approximate surface area is 77.1 Å². The SMILES string of the molecule is Nc1ncccc1[C@@H]1COCCN1. The molecule has 13 heavy (non-hydrogen) atoms. The second-order valence-corrected chi connectivity index (χ2v) is 3.06. The van der Waals surface area contributed by atoms with Crippen LogP contribution in [0.4, 0.5) is 5.82 Å². The first-order chi connectivity index (χ1) is 6.38. The van der Waals surface area contributed by atoms with Crippen molar-refractivity contribution in [2.75, 3.05) is 25.5 Å². The summed E-state index contributed by atoms with van der Waals surface area (Å²) in [5.41, 5.74) is 6.77. The first-order valence-corrected chi connectivity index (χ1v) is 4.39. The maximum Gasteiger partial charge on any atom is 0.128 e. The molecule has 0 amide bonds. The smallest absolute Gasteiger partial charge is 0.128 e. The van der Waals surface area contributed by atoms with E-state index in [2.05, 4.69) is 10.3 Å². The molecule has 2 rings (SSSR count). The quantitative estimate of drug-likeness (QED) is 0.652.